The highest BCUT2D eigenvalue weighted by Gasteiger charge is 2.35. The quantitative estimate of drug-likeness (QED) is 0.596. The first-order chi connectivity index (χ1) is 15.1. The molecule has 0 amide bonds. The van der Waals surface area contributed by atoms with E-state index in [9.17, 15) is 9.59 Å². The molecule has 1 aromatic heterocycles. The summed E-state index contributed by atoms with van der Waals surface area (Å²) in [4.78, 5) is 27.4. The van der Waals surface area contributed by atoms with Gasteiger partial charge in [0.15, 0.2) is 5.43 Å². The lowest BCUT2D eigenvalue weighted by molar-refractivity contribution is -0.146. The van der Waals surface area contributed by atoms with Crippen molar-refractivity contribution in [1.29, 1.82) is 0 Å². The summed E-state index contributed by atoms with van der Waals surface area (Å²) in [6.07, 6.45) is 1.75. The molecule has 1 saturated heterocycles. The minimum Gasteiger partial charge on any atom is -0.457 e. The summed E-state index contributed by atoms with van der Waals surface area (Å²) in [7, 11) is 0. The van der Waals surface area contributed by atoms with E-state index >= 15 is 0 Å². The van der Waals surface area contributed by atoms with E-state index in [1.807, 2.05) is 54.6 Å². The molecule has 0 radical (unpaired) electrons. The Hall–Kier alpha value is -3.38. The maximum Gasteiger partial charge on any atom is 0.303 e. The first kappa shape index (κ1) is 19.6. The molecule has 2 heterocycles. The van der Waals surface area contributed by atoms with E-state index in [1.54, 1.807) is 0 Å². The molecule has 2 aliphatic rings. The summed E-state index contributed by atoms with van der Waals surface area (Å²) < 4.78 is 17.2. The zero-order valence-electron chi connectivity index (χ0n) is 17.3. The molecule has 3 aromatic rings. The third kappa shape index (κ3) is 3.75. The Morgan fingerprint density at radius 1 is 1.13 bits per heavy atom. The van der Waals surface area contributed by atoms with Gasteiger partial charge in [-0.25, -0.2) is 0 Å². The fourth-order valence-electron chi connectivity index (χ4n) is 4.32. The van der Waals surface area contributed by atoms with Gasteiger partial charge in [0.05, 0.1) is 24.2 Å². The first-order valence-electron chi connectivity index (χ1n) is 10.5. The molecule has 6 heteroatoms. The van der Waals surface area contributed by atoms with Crippen LogP contribution >= 0.6 is 0 Å². The Bertz CT molecular complexity index is 1220. The van der Waals surface area contributed by atoms with Gasteiger partial charge in [0.1, 0.15) is 17.4 Å². The molecule has 1 aliphatic heterocycles. The molecule has 1 unspecified atom stereocenters. The Morgan fingerprint density at radius 3 is 2.65 bits per heavy atom. The van der Waals surface area contributed by atoms with Crippen molar-refractivity contribution in [3.05, 3.63) is 75.6 Å². The Morgan fingerprint density at radius 2 is 1.90 bits per heavy atom. The molecule has 0 saturated carbocycles. The third-order valence-corrected chi connectivity index (χ3v) is 5.75. The number of carbonyl (C=O) groups excluding carboxylic acids is 1. The molecule has 0 bridgehead atoms. The van der Waals surface area contributed by atoms with Crippen LogP contribution in [0, 0.1) is 0 Å². The number of rotatable bonds is 3. The van der Waals surface area contributed by atoms with E-state index < -0.39 is 12.1 Å². The van der Waals surface area contributed by atoms with Crippen LogP contribution in [0.25, 0.3) is 22.6 Å². The number of carbonyl (C=O) groups is 1. The maximum atomic E-state index is 13.5. The second-order valence-electron chi connectivity index (χ2n) is 7.84. The summed E-state index contributed by atoms with van der Waals surface area (Å²) >= 11 is 0. The van der Waals surface area contributed by atoms with Crippen LogP contribution in [0.4, 0.5) is 5.69 Å². The highest BCUT2D eigenvalue weighted by atomic mass is 16.5. The van der Waals surface area contributed by atoms with Crippen molar-refractivity contribution in [3.8, 4) is 0 Å². The molecule has 31 heavy (non-hydrogen) atoms. The van der Waals surface area contributed by atoms with Crippen LogP contribution in [0.2, 0.25) is 0 Å². The van der Waals surface area contributed by atoms with Crippen molar-refractivity contribution in [3.63, 3.8) is 0 Å². The Balaban J connectivity index is 1.64. The summed E-state index contributed by atoms with van der Waals surface area (Å²) in [5.74, 6) is 0.0881. The van der Waals surface area contributed by atoms with Crippen molar-refractivity contribution in [2.75, 3.05) is 31.2 Å². The lowest BCUT2D eigenvalue weighted by Gasteiger charge is -2.28. The van der Waals surface area contributed by atoms with Crippen molar-refractivity contribution in [1.82, 2.24) is 0 Å². The topological polar surface area (TPSA) is 69.0 Å². The molecule has 0 N–H and O–H groups in total. The minimum absolute atomic E-state index is 0.144. The van der Waals surface area contributed by atoms with E-state index in [1.165, 1.54) is 6.92 Å². The van der Waals surface area contributed by atoms with Gasteiger partial charge < -0.3 is 18.8 Å². The van der Waals surface area contributed by atoms with Gasteiger partial charge in [-0.05, 0) is 35.4 Å². The third-order valence-electron chi connectivity index (χ3n) is 5.75. The van der Waals surface area contributed by atoms with Gasteiger partial charge in [-0.3, -0.25) is 9.59 Å². The molecule has 158 valence electrons. The van der Waals surface area contributed by atoms with Gasteiger partial charge >= 0.3 is 5.97 Å². The van der Waals surface area contributed by atoms with Gasteiger partial charge in [-0.1, -0.05) is 30.3 Å². The first-order valence-corrected chi connectivity index (χ1v) is 10.5. The van der Waals surface area contributed by atoms with E-state index in [-0.39, 0.29) is 5.43 Å². The van der Waals surface area contributed by atoms with Gasteiger partial charge in [-0.15, -0.1) is 0 Å². The number of esters is 1. The number of morpholine rings is 1. The van der Waals surface area contributed by atoms with Crippen LogP contribution < -0.4 is 10.3 Å². The van der Waals surface area contributed by atoms with E-state index in [2.05, 4.69) is 4.90 Å². The monoisotopic (exact) mass is 417 g/mol. The lowest BCUT2D eigenvalue weighted by Crippen LogP contribution is -2.36. The number of fused-ring (bicyclic) bond motifs is 2. The van der Waals surface area contributed by atoms with Gasteiger partial charge in [0.2, 0.25) is 0 Å². The molecular formula is C25H23NO5. The molecule has 6 nitrogen and oxygen atoms in total. The van der Waals surface area contributed by atoms with E-state index in [4.69, 9.17) is 13.9 Å². The second-order valence-corrected chi connectivity index (χ2v) is 7.84. The molecule has 5 rings (SSSR count). The van der Waals surface area contributed by atoms with Crippen molar-refractivity contribution in [2.45, 2.75) is 19.4 Å². The molecular weight excluding hydrogens is 394 g/mol. The number of hydrogen-bond donors (Lipinski definition) is 0. The second kappa shape index (κ2) is 8.04. The van der Waals surface area contributed by atoms with E-state index in [0.29, 0.717) is 41.9 Å². The summed E-state index contributed by atoms with van der Waals surface area (Å²) in [5.41, 5.74) is 3.62. The molecule has 1 atom stereocenters. The van der Waals surface area contributed by atoms with Crippen molar-refractivity contribution in [2.24, 2.45) is 0 Å². The number of nitrogens with zero attached hydrogens (tertiary/aromatic N) is 1. The number of hydrogen-bond acceptors (Lipinski definition) is 6. The van der Waals surface area contributed by atoms with Crippen LogP contribution in [-0.4, -0.2) is 32.3 Å². The fraction of sp³-hybridized carbons (Fsp3) is 0.280. The van der Waals surface area contributed by atoms with Crippen LogP contribution in [0.15, 0.2) is 57.7 Å². The Labute approximate surface area is 179 Å². The predicted octanol–water partition coefficient (Wildman–Crippen LogP) is 4.18. The summed E-state index contributed by atoms with van der Waals surface area (Å²) in [5, 5.41) is 0.501. The average Bonchev–Trinajstić information content (AvgIpc) is 3.11. The number of benzene rings is 2. The van der Waals surface area contributed by atoms with Crippen LogP contribution in [-0.2, 0) is 14.3 Å². The fourth-order valence-corrected chi connectivity index (χ4v) is 4.32. The molecule has 1 fully saturated rings. The van der Waals surface area contributed by atoms with Crippen molar-refractivity contribution >= 4 is 34.3 Å². The van der Waals surface area contributed by atoms with Crippen molar-refractivity contribution < 1.29 is 18.7 Å². The highest BCUT2D eigenvalue weighted by Crippen LogP contribution is 2.42. The molecule has 2 aromatic carbocycles. The normalized spacial score (nSPS) is 19.6. The summed E-state index contributed by atoms with van der Waals surface area (Å²) in [6, 6.07) is 15.5. The van der Waals surface area contributed by atoms with E-state index in [0.717, 1.165) is 29.9 Å². The van der Waals surface area contributed by atoms with Crippen LogP contribution in [0.3, 0.4) is 0 Å². The molecule has 0 spiro atoms. The van der Waals surface area contributed by atoms with Crippen LogP contribution in [0.5, 0.6) is 0 Å². The largest absolute Gasteiger partial charge is 0.457 e. The predicted molar refractivity (Wildman–Crippen MR) is 119 cm³/mol. The summed E-state index contributed by atoms with van der Waals surface area (Å²) in [6.45, 7) is 4.25. The van der Waals surface area contributed by atoms with Gasteiger partial charge in [-0.2, -0.15) is 0 Å². The SMILES string of the molecule is CC(=O)OC1CC(=Cc2ccccc2)c2oc3ccc(N4CCOCC4)cc3c(=O)c21. The maximum absolute atomic E-state index is 13.5. The standard InChI is InChI=1S/C25H23NO5/c1-16(27)30-22-14-18(13-17-5-3-2-4-6-17)25-23(22)24(28)20-15-19(7-8-21(20)31-25)26-9-11-29-12-10-26/h2-8,13,15,22H,9-12,14H2,1H3. The van der Waals surface area contributed by atoms with Gasteiger partial charge in [0.25, 0.3) is 0 Å². The molecule has 1 aliphatic carbocycles. The smallest absolute Gasteiger partial charge is 0.303 e. The Kier molecular flexibility index (Phi) is 5.08. The highest BCUT2D eigenvalue weighted by molar-refractivity contribution is 5.89. The zero-order chi connectivity index (χ0) is 21.4. The zero-order valence-corrected chi connectivity index (χ0v) is 17.3. The average molecular weight is 417 g/mol. The van der Waals surface area contributed by atoms with Crippen LogP contribution in [0.1, 0.15) is 36.3 Å². The number of ether oxygens (including phenoxy) is 2. The minimum atomic E-state index is -0.643. The lowest BCUT2D eigenvalue weighted by atomic mass is 10.1. The number of anilines is 1. The van der Waals surface area contributed by atoms with Gasteiger partial charge in [0, 0.05) is 32.1 Å².